The molecule has 0 fully saturated rings. The summed E-state index contributed by atoms with van der Waals surface area (Å²) in [4.78, 5) is 13.6. The molecule has 19 heavy (non-hydrogen) atoms. The second kappa shape index (κ2) is 6.32. The number of rotatable bonds is 5. The molecule has 0 aliphatic heterocycles. The first kappa shape index (κ1) is 15.2. The normalized spacial score (nSPS) is 11.2. The lowest BCUT2D eigenvalue weighted by Crippen LogP contribution is -2.40. The third-order valence-corrected chi connectivity index (χ3v) is 2.39. The van der Waals surface area contributed by atoms with Crippen LogP contribution < -0.4 is 5.32 Å². The predicted octanol–water partition coefficient (Wildman–Crippen LogP) is 1.20. The van der Waals surface area contributed by atoms with Crippen LogP contribution in [0.15, 0.2) is 24.3 Å². The molecule has 0 bridgehead atoms. The van der Waals surface area contributed by atoms with Crippen LogP contribution in [0.4, 0.5) is 5.69 Å². The lowest BCUT2D eigenvalue weighted by atomic mass is 10.1. The Morgan fingerprint density at radius 2 is 2.11 bits per heavy atom. The minimum Gasteiger partial charge on any atom is -0.389 e. The van der Waals surface area contributed by atoms with E-state index in [1.807, 2.05) is 6.07 Å². The van der Waals surface area contributed by atoms with E-state index in [0.717, 1.165) is 0 Å². The van der Waals surface area contributed by atoms with Crippen molar-refractivity contribution in [3.8, 4) is 6.07 Å². The van der Waals surface area contributed by atoms with Gasteiger partial charge >= 0.3 is 0 Å². The van der Waals surface area contributed by atoms with E-state index >= 15 is 0 Å². The largest absolute Gasteiger partial charge is 0.389 e. The number of likely N-dealkylation sites (N-methyl/N-ethyl adjacent to an activating group) is 1. The molecule has 0 radical (unpaired) electrons. The molecule has 5 nitrogen and oxygen atoms in total. The highest BCUT2D eigenvalue weighted by Gasteiger charge is 2.17. The van der Waals surface area contributed by atoms with Crippen molar-refractivity contribution in [3.63, 3.8) is 0 Å². The molecule has 1 amide bonds. The standard InChI is InChI=1S/C14H19N3O2/c1-14(2,19)10-17(3)9-13(18)16-12-7-5-4-6-11(12)8-15/h4-7,19H,9-10H2,1-3H3,(H,16,18). The number of benzene rings is 1. The van der Waals surface area contributed by atoms with Crippen molar-refractivity contribution in [2.24, 2.45) is 0 Å². The van der Waals surface area contributed by atoms with Crippen LogP contribution in [0.5, 0.6) is 0 Å². The smallest absolute Gasteiger partial charge is 0.238 e. The summed E-state index contributed by atoms with van der Waals surface area (Å²) in [6.45, 7) is 3.92. The van der Waals surface area contributed by atoms with Gasteiger partial charge in [-0.25, -0.2) is 0 Å². The van der Waals surface area contributed by atoms with Crippen LogP contribution in [0.1, 0.15) is 19.4 Å². The van der Waals surface area contributed by atoms with E-state index in [1.165, 1.54) is 0 Å². The Hall–Kier alpha value is -1.90. The van der Waals surface area contributed by atoms with Crippen LogP contribution in [0.2, 0.25) is 0 Å². The van der Waals surface area contributed by atoms with Crippen molar-refractivity contribution in [1.82, 2.24) is 4.90 Å². The fourth-order valence-electron chi connectivity index (χ4n) is 1.84. The fourth-order valence-corrected chi connectivity index (χ4v) is 1.84. The number of hydrogen-bond acceptors (Lipinski definition) is 4. The zero-order valence-corrected chi connectivity index (χ0v) is 11.5. The van der Waals surface area contributed by atoms with E-state index < -0.39 is 5.60 Å². The SMILES string of the molecule is CN(CC(=O)Nc1ccccc1C#N)CC(C)(C)O. The van der Waals surface area contributed by atoms with Gasteiger partial charge in [-0.1, -0.05) is 12.1 Å². The highest BCUT2D eigenvalue weighted by molar-refractivity contribution is 5.93. The topological polar surface area (TPSA) is 76.4 Å². The van der Waals surface area contributed by atoms with Crippen molar-refractivity contribution in [2.75, 3.05) is 25.5 Å². The van der Waals surface area contributed by atoms with E-state index in [2.05, 4.69) is 5.32 Å². The maximum atomic E-state index is 11.8. The van der Waals surface area contributed by atoms with Crippen molar-refractivity contribution in [1.29, 1.82) is 5.26 Å². The third-order valence-electron chi connectivity index (χ3n) is 2.39. The van der Waals surface area contributed by atoms with Gasteiger partial charge in [0.25, 0.3) is 0 Å². The number of anilines is 1. The van der Waals surface area contributed by atoms with Crippen molar-refractivity contribution >= 4 is 11.6 Å². The lowest BCUT2D eigenvalue weighted by molar-refractivity contribution is -0.117. The number of nitrogens with zero attached hydrogens (tertiary/aromatic N) is 2. The number of aliphatic hydroxyl groups is 1. The molecule has 1 aromatic rings. The first-order chi connectivity index (χ1) is 8.81. The second-order valence-corrected chi connectivity index (χ2v) is 5.19. The Kier molecular flexibility index (Phi) is 5.04. The van der Waals surface area contributed by atoms with Gasteiger partial charge in [0.15, 0.2) is 0 Å². The van der Waals surface area contributed by atoms with Gasteiger partial charge in [-0.15, -0.1) is 0 Å². The van der Waals surface area contributed by atoms with Gasteiger partial charge in [-0.2, -0.15) is 5.26 Å². The Labute approximate surface area is 113 Å². The van der Waals surface area contributed by atoms with Crippen LogP contribution in [0.3, 0.4) is 0 Å². The minimum absolute atomic E-state index is 0.157. The molecule has 0 atom stereocenters. The highest BCUT2D eigenvalue weighted by Crippen LogP contribution is 2.13. The molecule has 0 saturated carbocycles. The van der Waals surface area contributed by atoms with Crippen LogP contribution in [0, 0.1) is 11.3 Å². The monoisotopic (exact) mass is 261 g/mol. The first-order valence-corrected chi connectivity index (χ1v) is 6.02. The Morgan fingerprint density at radius 3 is 2.68 bits per heavy atom. The van der Waals surface area contributed by atoms with Gasteiger partial charge < -0.3 is 10.4 Å². The van der Waals surface area contributed by atoms with Crippen LogP contribution in [0.25, 0.3) is 0 Å². The van der Waals surface area contributed by atoms with Crippen LogP contribution in [-0.2, 0) is 4.79 Å². The van der Waals surface area contributed by atoms with Gasteiger partial charge in [0.2, 0.25) is 5.91 Å². The van der Waals surface area contributed by atoms with E-state index in [4.69, 9.17) is 5.26 Å². The summed E-state index contributed by atoms with van der Waals surface area (Å²) in [5.74, 6) is -0.213. The molecule has 5 heteroatoms. The molecule has 0 aliphatic rings. The number of para-hydroxylation sites is 1. The Bertz CT molecular complexity index is 486. The summed E-state index contributed by atoms with van der Waals surface area (Å²) in [6, 6.07) is 8.87. The molecule has 0 unspecified atom stereocenters. The highest BCUT2D eigenvalue weighted by atomic mass is 16.3. The molecule has 1 aromatic carbocycles. The number of nitrogens with one attached hydrogen (secondary N) is 1. The minimum atomic E-state index is -0.848. The number of carbonyl (C=O) groups excluding carboxylic acids is 1. The number of nitriles is 1. The van der Waals surface area contributed by atoms with Gasteiger partial charge in [0, 0.05) is 6.54 Å². The quantitative estimate of drug-likeness (QED) is 0.835. The number of hydrogen-bond donors (Lipinski definition) is 2. The van der Waals surface area contributed by atoms with Crippen molar-refractivity contribution < 1.29 is 9.90 Å². The van der Waals surface area contributed by atoms with Crippen LogP contribution >= 0.6 is 0 Å². The maximum absolute atomic E-state index is 11.8. The summed E-state index contributed by atoms with van der Waals surface area (Å²) in [7, 11) is 1.76. The van der Waals surface area contributed by atoms with Gasteiger partial charge in [-0.05, 0) is 33.0 Å². The average Bonchev–Trinajstić information content (AvgIpc) is 2.26. The molecular weight excluding hydrogens is 242 g/mol. The number of amides is 1. The lowest BCUT2D eigenvalue weighted by Gasteiger charge is -2.24. The fraction of sp³-hybridized carbons (Fsp3) is 0.429. The molecule has 0 heterocycles. The van der Waals surface area contributed by atoms with E-state index in [0.29, 0.717) is 17.8 Å². The molecule has 1 rings (SSSR count). The Balaban J connectivity index is 2.59. The van der Waals surface area contributed by atoms with Crippen molar-refractivity contribution in [3.05, 3.63) is 29.8 Å². The van der Waals surface area contributed by atoms with Gasteiger partial charge in [0.05, 0.1) is 23.4 Å². The van der Waals surface area contributed by atoms with Gasteiger partial charge in [0.1, 0.15) is 6.07 Å². The Morgan fingerprint density at radius 1 is 1.47 bits per heavy atom. The summed E-state index contributed by atoms with van der Waals surface area (Å²) < 4.78 is 0. The predicted molar refractivity (Wildman–Crippen MR) is 73.6 cm³/mol. The van der Waals surface area contributed by atoms with E-state index in [-0.39, 0.29) is 12.5 Å². The molecule has 2 N–H and O–H groups in total. The molecule has 0 aliphatic carbocycles. The first-order valence-electron chi connectivity index (χ1n) is 6.02. The third kappa shape index (κ3) is 5.51. The zero-order valence-electron chi connectivity index (χ0n) is 11.5. The molecule has 0 aromatic heterocycles. The average molecular weight is 261 g/mol. The van der Waals surface area contributed by atoms with E-state index in [9.17, 15) is 9.90 Å². The molecule has 0 spiro atoms. The number of carbonyl (C=O) groups is 1. The van der Waals surface area contributed by atoms with Crippen LogP contribution in [-0.4, -0.2) is 41.7 Å². The maximum Gasteiger partial charge on any atom is 0.238 e. The molecule has 102 valence electrons. The molecule has 0 saturated heterocycles. The van der Waals surface area contributed by atoms with Crippen molar-refractivity contribution in [2.45, 2.75) is 19.4 Å². The molecular formula is C14H19N3O2. The van der Waals surface area contributed by atoms with E-state index in [1.54, 1.807) is 50.1 Å². The van der Waals surface area contributed by atoms with Gasteiger partial charge in [-0.3, -0.25) is 9.69 Å². The second-order valence-electron chi connectivity index (χ2n) is 5.19. The summed E-state index contributed by atoms with van der Waals surface area (Å²) in [5, 5.41) is 21.3. The summed E-state index contributed by atoms with van der Waals surface area (Å²) in [5.41, 5.74) is 0.0900. The summed E-state index contributed by atoms with van der Waals surface area (Å²) in [6.07, 6.45) is 0. The summed E-state index contributed by atoms with van der Waals surface area (Å²) >= 11 is 0. The zero-order chi connectivity index (χ0) is 14.5.